The molecule has 4 heteroatoms. The summed E-state index contributed by atoms with van der Waals surface area (Å²) in [5.41, 5.74) is 1.36. The van der Waals surface area contributed by atoms with Gasteiger partial charge in [0.2, 0.25) is 0 Å². The maximum absolute atomic E-state index is 10.9. The molecule has 1 unspecified atom stereocenters. The van der Waals surface area contributed by atoms with Crippen LogP contribution in [0.4, 0.5) is 0 Å². The summed E-state index contributed by atoms with van der Waals surface area (Å²) in [4.78, 5) is 10.9. The minimum atomic E-state index is -0.876. The standard InChI is InChI=1S/C15H21NO3/c1-11(13-5-7-19-8-6-13)16-10-12-3-2-4-14(9-12)15(17)18/h2-4,9,11,13,16H,5-8,10H2,1H3,(H,17,18). The first-order valence-electron chi connectivity index (χ1n) is 6.80. The highest BCUT2D eigenvalue weighted by Gasteiger charge is 2.19. The van der Waals surface area contributed by atoms with E-state index in [1.165, 1.54) is 0 Å². The minimum absolute atomic E-state index is 0.345. The number of hydrogen-bond donors (Lipinski definition) is 2. The third-order valence-corrected chi connectivity index (χ3v) is 3.78. The van der Waals surface area contributed by atoms with Gasteiger partial charge in [-0.05, 0) is 43.4 Å². The van der Waals surface area contributed by atoms with Gasteiger partial charge in [-0.1, -0.05) is 12.1 Å². The Morgan fingerprint density at radius 2 is 2.21 bits per heavy atom. The molecule has 0 bridgehead atoms. The van der Waals surface area contributed by atoms with Crippen LogP contribution in [-0.4, -0.2) is 30.3 Å². The van der Waals surface area contributed by atoms with E-state index in [0.717, 1.165) is 31.6 Å². The second kappa shape index (κ2) is 6.68. The van der Waals surface area contributed by atoms with Gasteiger partial charge in [0, 0.05) is 25.8 Å². The average Bonchev–Trinajstić information content (AvgIpc) is 2.46. The number of nitrogens with one attached hydrogen (secondary N) is 1. The Kier molecular flexibility index (Phi) is 4.93. The molecule has 2 N–H and O–H groups in total. The van der Waals surface area contributed by atoms with E-state index in [1.807, 2.05) is 6.07 Å². The number of ether oxygens (including phenoxy) is 1. The summed E-state index contributed by atoms with van der Waals surface area (Å²) in [6.45, 7) is 4.60. The normalized spacial score (nSPS) is 18.2. The molecule has 1 aliphatic rings. The second-order valence-electron chi connectivity index (χ2n) is 5.12. The van der Waals surface area contributed by atoms with Crippen LogP contribution in [-0.2, 0) is 11.3 Å². The molecule has 104 valence electrons. The van der Waals surface area contributed by atoms with Gasteiger partial charge in [-0.25, -0.2) is 4.79 Å². The van der Waals surface area contributed by atoms with Gasteiger partial charge < -0.3 is 15.2 Å². The van der Waals surface area contributed by atoms with Gasteiger partial charge in [0.15, 0.2) is 0 Å². The van der Waals surface area contributed by atoms with E-state index in [9.17, 15) is 4.79 Å². The van der Waals surface area contributed by atoms with Crippen LogP contribution in [0.5, 0.6) is 0 Å². The van der Waals surface area contributed by atoms with Gasteiger partial charge in [-0.3, -0.25) is 0 Å². The molecule has 0 amide bonds. The van der Waals surface area contributed by atoms with E-state index in [2.05, 4.69) is 12.2 Å². The summed E-state index contributed by atoms with van der Waals surface area (Å²) in [5.74, 6) is -0.226. The maximum atomic E-state index is 10.9. The van der Waals surface area contributed by atoms with Gasteiger partial charge in [0.05, 0.1) is 5.56 Å². The Morgan fingerprint density at radius 3 is 2.89 bits per heavy atom. The van der Waals surface area contributed by atoms with Crippen LogP contribution in [0.15, 0.2) is 24.3 Å². The fourth-order valence-corrected chi connectivity index (χ4v) is 2.48. The topological polar surface area (TPSA) is 58.6 Å². The lowest BCUT2D eigenvalue weighted by Gasteiger charge is -2.28. The van der Waals surface area contributed by atoms with Crippen LogP contribution >= 0.6 is 0 Å². The predicted octanol–water partition coefficient (Wildman–Crippen LogP) is 2.29. The second-order valence-corrected chi connectivity index (χ2v) is 5.12. The van der Waals surface area contributed by atoms with E-state index < -0.39 is 5.97 Å². The monoisotopic (exact) mass is 263 g/mol. The molecule has 1 aromatic carbocycles. The van der Waals surface area contributed by atoms with E-state index in [-0.39, 0.29) is 0 Å². The van der Waals surface area contributed by atoms with E-state index in [4.69, 9.17) is 9.84 Å². The van der Waals surface area contributed by atoms with Crippen LogP contribution in [0.25, 0.3) is 0 Å². The molecule has 2 rings (SSSR count). The highest BCUT2D eigenvalue weighted by atomic mass is 16.5. The summed E-state index contributed by atoms with van der Waals surface area (Å²) < 4.78 is 5.36. The Bertz CT molecular complexity index is 427. The molecule has 0 radical (unpaired) electrons. The molecule has 0 spiro atoms. The van der Waals surface area contributed by atoms with Crippen molar-refractivity contribution in [1.82, 2.24) is 5.32 Å². The lowest BCUT2D eigenvalue weighted by atomic mass is 9.93. The first-order valence-corrected chi connectivity index (χ1v) is 6.80. The SMILES string of the molecule is CC(NCc1cccc(C(=O)O)c1)C1CCOCC1. The van der Waals surface area contributed by atoms with Gasteiger partial charge in [0.25, 0.3) is 0 Å². The molecule has 0 saturated carbocycles. The molecule has 1 fully saturated rings. The average molecular weight is 263 g/mol. The first-order chi connectivity index (χ1) is 9.16. The molecule has 1 heterocycles. The number of carbonyl (C=O) groups is 1. The molecule has 4 nitrogen and oxygen atoms in total. The van der Waals surface area contributed by atoms with Gasteiger partial charge in [-0.15, -0.1) is 0 Å². The van der Waals surface area contributed by atoms with Crippen LogP contribution in [0, 0.1) is 5.92 Å². The van der Waals surface area contributed by atoms with Crippen molar-refractivity contribution in [3.63, 3.8) is 0 Å². The zero-order chi connectivity index (χ0) is 13.7. The molecule has 1 aromatic rings. The molecule has 19 heavy (non-hydrogen) atoms. The molecule has 0 aromatic heterocycles. The molecular weight excluding hydrogens is 242 g/mol. The van der Waals surface area contributed by atoms with Gasteiger partial charge >= 0.3 is 5.97 Å². The minimum Gasteiger partial charge on any atom is -0.478 e. The summed E-state index contributed by atoms with van der Waals surface area (Å²) in [6.07, 6.45) is 2.20. The third kappa shape index (κ3) is 4.04. The quantitative estimate of drug-likeness (QED) is 0.855. The fraction of sp³-hybridized carbons (Fsp3) is 0.533. The number of carboxylic acids is 1. The van der Waals surface area contributed by atoms with Crippen LogP contribution < -0.4 is 5.32 Å². The third-order valence-electron chi connectivity index (χ3n) is 3.78. The predicted molar refractivity (Wildman–Crippen MR) is 73.2 cm³/mol. The van der Waals surface area contributed by atoms with Crippen molar-refractivity contribution >= 4 is 5.97 Å². The summed E-state index contributed by atoms with van der Waals surface area (Å²) in [5, 5.41) is 12.4. The van der Waals surface area contributed by atoms with Gasteiger partial charge in [-0.2, -0.15) is 0 Å². The Morgan fingerprint density at radius 1 is 1.47 bits per heavy atom. The summed E-state index contributed by atoms with van der Waals surface area (Å²) in [6, 6.07) is 7.52. The van der Waals surface area contributed by atoms with E-state index >= 15 is 0 Å². The lowest BCUT2D eigenvalue weighted by Crippen LogP contribution is -2.36. The van der Waals surface area contributed by atoms with Crippen molar-refractivity contribution in [3.8, 4) is 0 Å². The van der Waals surface area contributed by atoms with Crippen molar-refractivity contribution in [2.45, 2.75) is 32.4 Å². The zero-order valence-corrected chi connectivity index (χ0v) is 11.3. The fourth-order valence-electron chi connectivity index (χ4n) is 2.48. The first kappa shape index (κ1) is 14.0. The smallest absolute Gasteiger partial charge is 0.335 e. The zero-order valence-electron chi connectivity index (χ0n) is 11.3. The number of rotatable bonds is 5. The van der Waals surface area contributed by atoms with Crippen LogP contribution in [0.3, 0.4) is 0 Å². The highest BCUT2D eigenvalue weighted by molar-refractivity contribution is 5.87. The molecule has 1 aliphatic heterocycles. The lowest BCUT2D eigenvalue weighted by molar-refractivity contribution is 0.0557. The Balaban J connectivity index is 1.87. The van der Waals surface area contributed by atoms with Gasteiger partial charge in [0.1, 0.15) is 0 Å². The number of aromatic carboxylic acids is 1. The number of hydrogen-bond acceptors (Lipinski definition) is 3. The van der Waals surface area contributed by atoms with Crippen molar-refractivity contribution < 1.29 is 14.6 Å². The number of benzene rings is 1. The van der Waals surface area contributed by atoms with Crippen LogP contribution in [0.1, 0.15) is 35.7 Å². The van der Waals surface area contributed by atoms with E-state index in [0.29, 0.717) is 24.1 Å². The van der Waals surface area contributed by atoms with Crippen LogP contribution in [0.2, 0.25) is 0 Å². The van der Waals surface area contributed by atoms with Crippen molar-refractivity contribution in [1.29, 1.82) is 0 Å². The van der Waals surface area contributed by atoms with Crippen molar-refractivity contribution in [2.75, 3.05) is 13.2 Å². The molecule has 0 aliphatic carbocycles. The Labute approximate surface area is 113 Å². The summed E-state index contributed by atoms with van der Waals surface area (Å²) >= 11 is 0. The van der Waals surface area contributed by atoms with Crippen molar-refractivity contribution in [3.05, 3.63) is 35.4 Å². The maximum Gasteiger partial charge on any atom is 0.335 e. The molecule has 1 saturated heterocycles. The van der Waals surface area contributed by atoms with Crippen molar-refractivity contribution in [2.24, 2.45) is 5.92 Å². The number of carboxylic acid groups (broad SMARTS) is 1. The largest absolute Gasteiger partial charge is 0.478 e. The van der Waals surface area contributed by atoms with E-state index in [1.54, 1.807) is 18.2 Å². The highest BCUT2D eigenvalue weighted by Crippen LogP contribution is 2.18. The molecule has 1 atom stereocenters. The molecular formula is C15H21NO3. The summed E-state index contributed by atoms with van der Waals surface area (Å²) in [7, 11) is 0. The Hall–Kier alpha value is -1.39.